The number of amides is 3. The SMILES string of the molecule is [B]C(O)(c1cccc(C(=O)N(C)C)n1)N1CCC(n2ncc3c2C(C)N(C)c2c(NC(/C=C(\N)NC(=O)C4CC4)=C(/N)C(=O)NC4CC4)cccc2-3)CC1. The highest BCUT2D eigenvalue weighted by Crippen LogP contribution is 2.49. The molecule has 7 rings (SSSR count). The lowest BCUT2D eigenvalue weighted by Crippen LogP contribution is -2.51. The highest BCUT2D eigenvalue weighted by atomic mass is 16.3. The van der Waals surface area contributed by atoms with Gasteiger partial charge in [0.2, 0.25) is 5.91 Å². The highest BCUT2D eigenvalue weighted by Gasteiger charge is 2.39. The van der Waals surface area contributed by atoms with E-state index in [9.17, 15) is 19.5 Å². The largest absolute Gasteiger partial charge is 0.393 e. The van der Waals surface area contributed by atoms with Crippen LogP contribution < -0.4 is 32.3 Å². The molecule has 2 aliphatic carbocycles. The van der Waals surface area contributed by atoms with E-state index < -0.39 is 11.5 Å². The van der Waals surface area contributed by atoms with Crippen molar-refractivity contribution in [1.82, 2.24) is 35.2 Å². The molecule has 3 amide bonds. The molecule has 1 saturated heterocycles. The summed E-state index contributed by atoms with van der Waals surface area (Å²) in [6, 6.07) is 10.9. The molecule has 2 saturated carbocycles. The normalized spacial score (nSPS) is 20.6. The predicted octanol–water partition coefficient (Wildman–Crippen LogP) is 1.95. The summed E-state index contributed by atoms with van der Waals surface area (Å²) in [7, 11) is 11.8. The lowest BCUT2D eigenvalue weighted by molar-refractivity contribution is -0.121. The Labute approximate surface area is 316 Å². The Hall–Kier alpha value is -5.35. The van der Waals surface area contributed by atoms with Gasteiger partial charge in [0.15, 0.2) is 0 Å². The van der Waals surface area contributed by atoms with Crippen molar-refractivity contribution in [3.05, 3.63) is 83.0 Å². The van der Waals surface area contributed by atoms with Gasteiger partial charge in [-0.15, -0.1) is 0 Å². The van der Waals surface area contributed by atoms with Crippen LogP contribution in [0.2, 0.25) is 0 Å². The van der Waals surface area contributed by atoms with Gasteiger partial charge in [-0.25, -0.2) is 4.98 Å². The molecule has 4 heterocycles. The average Bonchev–Trinajstić information content (AvgIpc) is 4.11. The van der Waals surface area contributed by atoms with Crippen molar-refractivity contribution < 1.29 is 19.5 Å². The van der Waals surface area contributed by atoms with Gasteiger partial charge in [0.05, 0.1) is 46.7 Å². The minimum atomic E-state index is -1.86. The van der Waals surface area contributed by atoms with E-state index in [0.717, 1.165) is 48.2 Å². The summed E-state index contributed by atoms with van der Waals surface area (Å²) >= 11 is 0. The molecule has 282 valence electrons. The Morgan fingerprint density at radius 3 is 2.39 bits per heavy atom. The quantitative estimate of drug-likeness (QED) is 0.0957. The third kappa shape index (κ3) is 7.27. The minimum Gasteiger partial charge on any atom is -0.393 e. The number of anilines is 2. The Morgan fingerprint density at radius 1 is 1.02 bits per heavy atom. The number of nitrogens with one attached hydrogen (secondary N) is 3. The van der Waals surface area contributed by atoms with Gasteiger partial charge in [0.25, 0.3) is 11.8 Å². The van der Waals surface area contributed by atoms with Crippen LogP contribution in [-0.2, 0) is 15.2 Å². The van der Waals surface area contributed by atoms with E-state index in [0.29, 0.717) is 31.6 Å². The first-order valence-electron chi connectivity index (χ1n) is 18.5. The molecule has 2 aromatic heterocycles. The zero-order valence-electron chi connectivity index (χ0n) is 31.2. The fourth-order valence-corrected chi connectivity index (χ4v) is 7.23. The van der Waals surface area contributed by atoms with Crippen molar-refractivity contribution in [1.29, 1.82) is 0 Å². The lowest BCUT2D eigenvalue weighted by Gasteiger charge is -2.43. The second-order valence-electron chi connectivity index (χ2n) is 15.0. The summed E-state index contributed by atoms with van der Waals surface area (Å²) in [4.78, 5) is 47.9. The molecule has 2 radical (unpaired) electrons. The van der Waals surface area contributed by atoms with Crippen LogP contribution in [0.4, 0.5) is 11.4 Å². The molecule has 16 heteroatoms. The number of aliphatic hydroxyl groups is 1. The highest BCUT2D eigenvalue weighted by molar-refractivity contribution is 6.14. The van der Waals surface area contributed by atoms with Gasteiger partial charge in [0.1, 0.15) is 30.7 Å². The van der Waals surface area contributed by atoms with E-state index in [1.807, 2.05) is 31.4 Å². The van der Waals surface area contributed by atoms with Gasteiger partial charge < -0.3 is 42.3 Å². The number of carbonyl (C=O) groups is 3. The maximum atomic E-state index is 13.1. The molecule has 2 atom stereocenters. The van der Waals surface area contributed by atoms with Crippen LogP contribution in [0.25, 0.3) is 11.1 Å². The molecule has 3 fully saturated rings. The number of rotatable bonds is 11. The topological polar surface area (TPSA) is 200 Å². The first-order valence-corrected chi connectivity index (χ1v) is 18.5. The van der Waals surface area contributed by atoms with E-state index in [1.165, 1.54) is 11.0 Å². The summed E-state index contributed by atoms with van der Waals surface area (Å²) in [6.45, 7) is 3.09. The molecule has 15 nitrogen and oxygen atoms in total. The molecular formula is C38H48BN11O4. The van der Waals surface area contributed by atoms with Crippen molar-refractivity contribution in [3.63, 3.8) is 0 Å². The van der Waals surface area contributed by atoms with Crippen molar-refractivity contribution >= 4 is 36.9 Å². The number of pyridine rings is 1. The number of hydrogen-bond acceptors (Lipinski definition) is 11. The Balaban J connectivity index is 1.13. The first-order chi connectivity index (χ1) is 25.7. The van der Waals surface area contributed by atoms with Crippen LogP contribution >= 0.6 is 0 Å². The maximum absolute atomic E-state index is 13.1. The molecule has 1 aromatic carbocycles. The number of nitrogens with zero attached hydrogens (tertiary/aromatic N) is 6. The monoisotopic (exact) mass is 733 g/mol. The number of aromatic nitrogens is 3. The van der Waals surface area contributed by atoms with Crippen molar-refractivity contribution in [2.24, 2.45) is 17.4 Å². The average molecular weight is 734 g/mol. The molecule has 54 heavy (non-hydrogen) atoms. The van der Waals surface area contributed by atoms with Crippen LogP contribution in [0.3, 0.4) is 0 Å². The van der Waals surface area contributed by atoms with Crippen LogP contribution in [0.1, 0.15) is 79.4 Å². The van der Waals surface area contributed by atoms with Crippen molar-refractivity contribution in [2.45, 2.75) is 69.2 Å². The zero-order valence-corrected chi connectivity index (χ0v) is 31.2. The number of carbonyl (C=O) groups excluding carboxylic acids is 3. The standard InChI is InChI=1S/C38H48BN11O4/c1-21-33-26(20-42-50(33)24-15-17-49(18-16-24)38(39,54)30-10-6-9-28(45-30)37(53)47(2)3)25-7-5-8-27(34(25)48(21)4)44-29(32(41)36(52)43-23-13-14-23)19-31(40)46-35(51)22-11-12-22/h5-10,19-24,44,54H,11-18,40-41H2,1-4H3,(H,43,52)(H,46,51)/b31-19+,32-29+. The number of fused-ring (bicyclic) bond motifs is 3. The molecular weight excluding hydrogens is 685 g/mol. The van der Waals surface area contributed by atoms with E-state index in [-0.39, 0.29) is 64.5 Å². The van der Waals surface area contributed by atoms with E-state index in [4.69, 9.17) is 24.4 Å². The minimum absolute atomic E-state index is 0.0376. The third-order valence-corrected chi connectivity index (χ3v) is 10.8. The van der Waals surface area contributed by atoms with Crippen LogP contribution in [0.15, 0.2) is 65.9 Å². The molecule has 2 aliphatic heterocycles. The fourth-order valence-electron chi connectivity index (χ4n) is 7.23. The molecule has 3 aromatic rings. The second-order valence-corrected chi connectivity index (χ2v) is 15.0. The van der Waals surface area contributed by atoms with Gasteiger partial charge in [-0.2, -0.15) is 5.10 Å². The number of nitrogens with two attached hydrogens (primary N) is 2. The number of para-hydroxylation sites is 1. The van der Waals surface area contributed by atoms with Gasteiger partial charge in [-0.3, -0.25) is 24.0 Å². The van der Waals surface area contributed by atoms with Crippen LogP contribution in [0.5, 0.6) is 0 Å². The Morgan fingerprint density at radius 2 is 1.72 bits per heavy atom. The lowest BCUT2D eigenvalue weighted by atomic mass is 9.83. The van der Waals surface area contributed by atoms with Gasteiger partial charge in [-0.1, -0.05) is 18.2 Å². The second kappa shape index (κ2) is 14.5. The number of likely N-dealkylation sites (tertiary alicyclic amines) is 1. The molecule has 0 spiro atoms. The van der Waals surface area contributed by atoms with Crippen molar-refractivity contribution in [3.8, 4) is 11.1 Å². The fraction of sp³-hybridized carbons (Fsp3) is 0.447. The number of hydrogen-bond donors (Lipinski definition) is 6. The number of allylic oxidation sites excluding steroid dienone is 1. The number of piperidine rings is 1. The third-order valence-electron chi connectivity index (χ3n) is 10.8. The maximum Gasteiger partial charge on any atom is 0.271 e. The van der Waals surface area contributed by atoms with Gasteiger partial charge in [0, 0.05) is 63.4 Å². The van der Waals surface area contributed by atoms with E-state index in [2.05, 4.69) is 37.4 Å². The van der Waals surface area contributed by atoms with Crippen molar-refractivity contribution in [2.75, 3.05) is 44.4 Å². The Kier molecular flexibility index (Phi) is 9.91. The van der Waals surface area contributed by atoms with Gasteiger partial charge in [-0.05, 0) is 63.6 Å². The number of benzene rings is 1. The van der Waals surface area contributed by atoms with Crippen LogP contribution in [0, 0.1) is 5.92 Å². The zero-order chi connectivity index (χ0) is 38.5. The molecule has 2 unspecified atom stereocenters. The van der Waals surface area contributed by atoms with E-state index in [1.54, 1.807) is 37.2 Å². The first kappa shape index (κ1) is 37.0. The molecule has 0 bridgehead atoms. The summed E-state index contributed by atoms with van der Waals surface area (Å²) in [6.07, 6.45) is 8.22. The molecule has 8 N–H and O–H groups in total. The smallest absolute Gasteiger partial charge is 0.271 e. The summed E-state index contributed by atoms with van der Waals surface area (Å²) in [5, 5.41) is 25.4. The van der Waals surface area contributed by atoms with Crippen LogP contribution in [-0.4, -0.2) is 95.5 Å². The van der Waals surface area contributed by atoms with Gasteiger partial charge >= 0.3 is 0 Å². The Bertz CT molecular complexity index is 2030. The summed E-state index contributed by atoms with van der Waals surface area (Å²) < 4.78 is 2.10. The molecule has 4 aliphatic rings. The predicted molar refractivity (Wildman–Crippen MR) is 205 cm³/mol. The summed E-state index contributed by atoms with van der Waals surface area (Å²) in [5.41, 5.74) is 16.1. The summed E-state index contributed by atoms with van der Waals surface area (Å²) in [5.74, 6) is -0.780. The van der Waals surface area contributed by atoms with E-state index >= 15 is 0 Å².